The molecule has 6 nitrogen and oxygen atoms in total. The van der Waals surface area contributed by atoms with E-state index in [9.17, 15) is 14.7 Å². The van der Waals surface area contributed by atoms with E-state index in [1.165, 1.54) is 0 Å². The van der Waals surface area contributed by atoms with Crippen molar-refractivity contribution in [3.05, 3.63) is 24.3 Å². The Kier molecular flexibility index (Phi) is 3.25. The highest BCUT2D eigenvalue weighted by molar-refractivity contribution is 5.90. The van der Waals surface area contributed by atoms with Gasteiger partial charge in [0.15, 0.2) is 0 Å². The lowest BCUT2D eigenvalue weighted by molar-refractivity contribution is -0.147. The van der Waals surface area contributed by atoms with Crippen molar-refractivity contribution in [3.8, 4) is 0 Å². The summed E-state index contributed by atoms with van der Waals surface area (Å²) in [6.45, 7) is 10.1. The minimum atomic E-state index is -1.24. The summed E-state index contributed by atoms with van der Waals surface area (Å²) in [5.41, 5.74) is -0.885. The molecule has 2 saturated carbocycles. The smallest absolute Gasteiger partial charge is 0.334 e. The van der Waals surface area contributed by atoms with Crippen molar-refractivity contribution < 1.29 is 28.9 Å². The van der Waals surface area contributed by atoms with Crippen LogP contribution in [-0.4, -0.2) is 47.1 Å². The maximum atomic E-state index is 11.9. The number of carbonyl (C=O) groups excluding carboxylic acids is 2. The Bertz CT molecular complexity index is 648. The Hall–Kier alpha value is -1.66. The molecular formula is C18H22O6. The first-order valence-corrected chi connectivity index (χ1v) is 8.45. The van der Waals surface area contributed by atoms with Gasteiger partial charge in [-0.2, -0.15) is 0 Å². The molecule has 0 unspecified atom stereocenters. The van der Waals surface area contributed by atoms with Crippen LogP contribution in [0.15, 0.2) is 24.3 Å². The number of hydrogen-bond donors (Lipinski definition) is 1. The summed E-state index contributed by atoms with van der Waals surface area (Å²) in [5, 5.41) is 11.5. The highest BCUT2D eigenvalue weighted by Crippen LogP contribution is 2.60. The predicted molar refractivity (Wildman–Crippen MR) is 82.8 cm³/mol. The largest absolute Gasteiger partial charge is 0.458 e. The van der Waals surface area contributed by atoms with Crippen molar-refractivity contribution in [2.24, 2.45) is 11.8 Å². The average Bonchev–Trinajstić information content (AvgIpc) is 3.23. The van der Waals surface area contributed by atoms with E-state index in [1.807, 2.05) is 0 Å². The molecule has 4 fully saturated rings. The molecule has 2 aliphatic heterocycles. The summed E-state index contributed by atoms with van der Waals surface area (Å²) < 4.78 is 16.7. The molecular weight excluding hydrogens is 312 g/mol. The van der Waals surface area contributed by atoms with Crippen molar-refractivity contribution in [1.82, 2.24) is 0 Å². The fraction of sp³-hybridized carbons (Fsp3) is 0.667. The summed E-state index contributed by atoms with van der Waals surface area (Å²) in [5.74, 6) is -1.19. The van der Waals surface area contributed by atoms with Crippen LogP contribution in [0.4, 0.5) is 0 Å². The van der Waals surface area contributed by atoms with Crippen LogP contribution in [0.25, 0.3) is 0 Å². The molecule has 6 atom stereocenters. The summed E-state index contributed by atoms with van der Waals surface area (Å²) in [4.78, 5) is 23.6. The first kappa shape index (κ1) is 15.8. The second-order valence-corrected chi connectivity index (χ2v) is 7.41. The number of aliphatic hydroxyl groups is 1. The predicted octanol–water partition coefficient (Wildman–Crippen LogP) is 1.28. The zero-order valence-corrected chi connectivity index (χ0v) is 13.7. The Morgan fingerprint density at radius 2 is 2.12 bits per heavy atom. The molecule has 1 spiro atoms. The molecule has 130 valence electrons. The van der Waals surface area contributed by atoms with E-state index < -0.39 is 23.3 Å². The molecule has 24 heavy (non-hydrogen) atoms. The van der Waals surface area contributed by atoms with Gasteiger partial charge in [-0.15, -0.1) is 0 Å². The van der Waals surface area contributed by atoms with Gasteiger partial charge >= 0.3 is 11.9 Å². The van der Waals surface area contributed by atoms with E-state index >= 15 is 0 Å². The maximum Gasteiger partial charge on any atom is 0.334 e. The van der Waals surface area contributed by atoms with Crippen LogP contribution < -0.4 is 0 Å². The lowest BCUT2D eigenvalue weighted by atomic mass is 9.77. The topological polar surface area (TPSA) is 85.4 Å². The standard InChI is InChI=1S/C18H22O6/c1-4-15(19)23-12-5-14-17(8-22-17)7-13-11(9(2)16(20)24-13)6-18(14,21)10(12)3/h11-14,21H,2-8H2,1H3/t11-,12-,13+,14+,17+,18-/m1/s1. The van der Waals surface area contributed by atoms with Crippen LogP contribution in [0.5, 0.6) is 0 Å². The van der Waals surface area contributed by atoms with Crippen LogP contribution >= 0.6 is 0 Å². The molecule has 0 aromatic carbocycles. The van der Waals surface area contributed by atoms with Crippen molar-refractivity contribution in [3.63, 3.8) is 0 Å². The molecule has 0 bridgehead atoms. The molecule has 0 radical (unpaired) electrons. The van der Waals surface area contributed by atoms with E-state index in [2.05, 4.69) is 13.2 Å². The average molecular weight is 334 g/mol. The summed E-state index contributed by atoms with van der Waals surface area (Å²) in [6.07, 6.45) is 0.774. The normalized spacial score (nSPS) is 46.3. The molecule has 4 aliphatic rings. The zero-order valence-electron chi connectivity index (χ0n) is 13.7. The van der Waals surface area contributed by atoms with Gasteiger partial charge in [-0.25, -0.2) is 4.79 Å². The third-order valence-corrected chi connectivity index (χ3v) is 6.18. The van der Waals surface area contributed by atoms with E-state index in [4.69, 9.17) is 14.2 Å². The number of epoxide rings is 1. The molecule has 0 amide bonds. The Morgan fingerprint density at radius 1 is 1.42 bits per heavy atom. The third-order valence-electron chi connectivity index (χ3n) is 6.18. The molecule has 2 aliphatic carbocycles. The minimum absolute atomic E-state index is 0.218. The van der Waals surface area contributed by atoms with Gasteiger partial charge < -0.3 is 19.3 Å². The van der Waals surface area contributed by atoms with Crippen LogP contribution in [0.1, 0.15) is 32.6 Å². The van der Waals surface area contributed by atoms with E-state index in [0.29, 0.717) is 37.0 Å². The second-order valence-electron chi connectivity index (χ2n) is 7.41. The Labute approximate surface area is 140 Å². The number of hydrogen-bond acceptors (Lipinski definition) is 6. The van der Waals surface area contributed by atoms with Gasteiger partial charge in [0.05, 0.1) is 12.2 Å². The molecule has 0 aromatic rings. The fourth-order valence-electron chi connectivity index (χ4n) is 4.68. The lowest BCUT2D eigenvalue weighted by Crippen LogP contribution is -2.42. The number of ether oxygens (including phenoxy) is 3. The third kappa shape index (κ3) is 2.02. The molecule has 4 rings (SSSR count). The SMILES string of the molecule is C=C1C(=O)O[C@H]2C[C@]3(CO3)[C@@H]3C[C@@H](OC(=O)CC)C(=C)[C@]3(O)C[C@H]12. The molecule has 6 heteroatoms. The van der Waals surface area contributed by atoms with Crippen LogP contribution in [0, 0.1) is 11.8 Å². The van der Waals surface area contributed by atoms with Gasteiger partial charge in [-0.05, 0) is 18.4 Å². The van der Waals surface area contributed by atoms with Gasteiger partial charge in [-0.1, -0.05) is 20.1 Å². The molecule has 0 aromatic heterocycles. The number of fused-ring (bicyclic) bond motifs is 3. The second kappa shape index (κ2) is 4.92. The lowest BCUT2D eigenvalue weighted by Gasteiger charge is -2.33. The van der Waals surface area contributed by atoms with Gasteiger partial charge in [0.2, 0.25) is 0 Å². The van der Waals surface area contributed by atoms with Crippen molar-refractivity contribution in [1.29, 1.82) is 0 Å². The Balaban J connectivity index is 1.68. The zero-order chi connectivity index (χ0) is 17.3. The van der Waals surface area contributed by atoms with Crippen LogP contribution in [-0.2, 0) is 23.8 Å². The first-order valence-electron chi connectivity index (χ1n) is 8.45. The highest BCUT2D eigenvalue weighted by Gasteiger charge is 2.69. The summed E-state index contributed by atoms with van der Waals surface area (Å²) in [6, 6.07) is 0. The Morgan fingerprint density at radius 3 is 2.75 bits per heavy atom. The quantitative estimate of drug-likeness (QED) is 0.354. The van der Waals surface area contributed by atoms with Crippen LogP contribution in [0.2, 0.25) is 0 Å². The maximum absolute atomic E-state index is 11.9. The van der Waals surface area contributed by atoms with Crippen molar-refractivity contribution >= 4 is 11.9 Å². The van der Waals surface area contributed by atoms with E-state index in [0.717, 1.165) is 0 Å². The van der Waals surface area contributed by atoms with E-state index in [1.54, 1.807) is 6.92 Å². The molecule has 1 N–H and O–H groups in total. The summed E-state index contributed by atoms with van der Waals surface area (Å²) >= 11 is 0. The molecule has 2 saturated heterocycles. The molecule has 2 heterocycles. The summed E-state index contributed by atoms with van der Waals surface area (Å²) in [7, 11) is 0. The fourth-order valence-corrected chi connectivity index (χ4v) is 4.68. The van der Waals surface area contributed by atoms with Gasteiger partial charge in [0.25, 0.3) is 0 Å². The first-order chi connectivity index (χ1) is 11.3. The van der Waals surface area contributed by atoms with Gasteiger partial charge in [-0.3, -0.25) is 4.79 Å². The number of esters is 2. The monoisotopic (exact) mass is 334 g/mol. The van der Waals surface area contributed by atoms with Gasteiger partial charge in [0, 0.05) is 30.3 Å². The van der Waals surface area contributed by atoms with Crippen LogP contribution in [0.3, 0.4) is 0 Å². The minimum Gasteiger partial charge on any atom is -0.458 e. The van der Waals surface area contributed by atoms with Crippen molar-refractivity contribution in [2.45, 2.75) is 56.0 Å². The van der Waals surface area contributed by atoms with Crippen molar-refractivity contribution in [2.75, 3.05) is 6.61 Å². The number of rotatable bonds is 2. The van der Waals surface area contributed by atoms with Gasteiger partial charge in [0.1, 0.15) is 17.8 Å². The highest BCUT2D eigenvalue weighted by atomic mass is 16.6. The number of carbonyl (C=O) groups is 2. The van der Waals surface area contributed by atoms with E-state index in [-0.39, 0.29) is 30.3 Å².